The Morgan fingerprint density at radius 3 is 2.35 bits per heavy atom. The Bertz CT molecular complexity index is 1550. The van der Waals surface area contributed by atoms with Gasteiger partial charge >= 0.3 is 0 Å². The quantitative estimate of drug-likeness (QED) is 0.239. The van der Waals surface area contributed by atoms with Gasteiger partial charge in [-0.05, 0) is 54.1 Å². The molecule has 4 aromatic rings. The summed E-state index contributed by atoms with van der Waals surface area (Å²) >= 11 is 3.53. The number of amides is 3. The second-order valence-electron chi connectivity index (χ2n) is 10.2. The molecule has 40 heavy (non-hydrogen) atoms. The van der Waals surface area contributed by atoms with E-state index in [1.165, 1.54) is 0 Å². The minimum absolute atomic E-state index is 0.0409. The first-order valence-corrected chi connectivity index (χ1v) is 14.4. The fourth-order valence-corrected chi connectivity index (χ4v) is 5.64. The van der Waals surface area contributed by atoms with E-state index in [9.17, 15) is 14.4 Å². The van der Waals surface area contributed by atoms with Crippen LogP contribution >= 0.6 is 15.9 Å². The van der Waals surface area contributed by atoms with Crippen molar-refractivity contribution in [2.45, 2.75) is 45.3 Å². The van der Waals surface area contributed by atoms with Crippen LogP contribution in [0, 0.1) is 0 Å². The number of hydrogen-bond acceptors (Lipinski definition) is 3. The lowest BCUT2D eigenvalue weighted by Crippen LogP contribution is -2.54. The molecule has 5 rings (SSSR count). The monoisotopic (exact) mass is 597 g/mol. The average molecular weight is 599 g/mol. The summed E-state index contributed by atoms with van der Waals surface area (Å²) in [6.45, 7) is 4.03. The molecule has 4 aromatic carbocycles. The number of carbonyl (C=O) groups is 3. The van der Waals surface area contributed by atoms with Gasteiger partial charge in [0.05, 0.1) is 5.69 Å². The van der Waals surface area contributed by atoms with E-state index < -0.39 is 6.04 Å². The number of carbonyl (C=O) groups excluding carboxylic acids is 3. The molecule has 1 heterocycles. The Morgan fingerprint density at radius 1 is 0.925 bits per heavy atom. The molecule has 1 aliphatic rings. The van der Waals surface area contributed by atoms with Crippen LogP contribution < -0.4 is 10.2 Å². The van der Waals surface area contributed by atoms with E-state index in [2.05, 4.69) is 21.2 Å². The van der Waals surface area contributed by atoms with Gasteiger partial charge in [-0.3, -0.25) is 19.3 Å². The normalized spacial score (nSPS) is 13.8. The maximum atomic E-state index is 14.2. The molecule has 2 atom stereocenters. The van der Waals surface area contributed by atoms with Crippen molar-refractivity contribution < 1.29 is 14.4 Å². The standard InChI is InChI=1S/C33H32BrN3O3/c1-3-22(2)35-32(39)29(19-23-10-5-4-6-11-23)36(20-24-12-7-15-26(34)18-24)30(38)21-37-28-17-9-14-25-13-8-16-27(31(25)28)33(37)40/h4-18,22,29H,3,19-21H2,1-2H3,(H,35,39)/t22-,29-/m1/s1. The second kappa shape index (κ2) is 12.0. The third-order valence-electron chi connectivity index (χ3n) is 7.46. The lowest BCUT2D eigenvalue weighted by molar-refractivity contribution is -0.140. The van der Waals surface area contributed by atoms with Gasteiger partial charge in [0.25, 0.3) is 5.91 Å². The highest BCUT2D eigenvalue weighted by molar-refractivity contribution is 9.10. The van der Waals surface area contributed by atoms with Crippen LogP contribution in [0.25, 0.3) is 10.8 Å². The molecule has 204 valence electrons. The number of nitrogens with one attached hydrogen (secondary N) is 1. The molecular weight excluding hydrogens is 566 g/mol. The zero-order valence-corrected chi connectivity index (χ0v) is 24.2. The summed E-state index contributed by atoms with van der Waals surface area (Å²) in [6, 6.07) is 28.0. The van der Waals surface area contributed by atoms with Crippen molar-refractivity contribution in [1.82, 2.24) is 10.2 Å². The first-order chi connectivity index (χ1) is 19.4. The van der Waals surface area contributed by atoms with Crippen molar-refractivity contribution in [3.05, 3.63) is 112 Å². The van der Waals surface area contributed by atoms with Gasteiger partial charge in [-0.2, -0.15) is 0 Å². The van der Waals surface area contributed by atoms with Gasteiger partial charge in [-0.25, -0.2) is 0 Å². The van der Waals surface area contributed by atoms with Crippen LogP contribution in [0.5, 0.6) is 0 Å². The first-order valence-electron chi connectivity index (χ1n) is 13.6. The number of halogens is 1. The molecule has 1 aliphatic heterocycles. The van der Waals surface area contributed by atoms with E-state index in [1.807, 2.05) is 98.8 Å². The van der Waals surface area contributed by atoms with E-state index in [1.54, 1.807) is 15.9 Å². The number of hydrogen-bond donors (Lipinski definition) is 1. The van der Waals surface area contributed by atoms with Crippen molar-refractivity contribution in [1.29, 1.82) is 0 Å². The summed E-state index contributed by atoms with van der Waals surface area (Å²) in [5, 5.41) is 4.91. The van der Waals surface area contributed by atoms with Crippen LogP contribution in [0.2, 0.25) is 0 Å². The van der Waals surface area contributed by atoms with Crippen LogP contribution in [0.3, 0.4) is 0 Å². The molecule has 0 fully saturated rings. The predicted molar refractivity (Wildman–Crippen MR) is 162 cm³/mol. The zero-order valence-electron chi connectivity index (χ0n) is 22.6. The lowest BCUT2D eigenvalue weighted by Gasteiger charge is -2.33. The number of benzene rings is 4. The molecule has 1 N–H and O–H groups in total. The fourth-order valence-electron chi connectivity index (χ4n) is 5.19. The van der Waals surface area contributed by atoms with Gasteiger partial charge in [0.1, 0.15) is 12.6 Å². The van der Waals surface area contributed by atoms with Gasteiger partial charge in [0, 0.05) is 34.4 Å². The molecule has 6 nitrogen and oxygen atoms in total. The summed E-state index contributed by atoms with van der Waals surface area (Å²) in [5.74, 6) is -0.704. The van der Waals surface area contributed by atoms with Gasteiger partial charge < -0.3 is 10.2 Å². The van der Waals surface area contributed by atoms with Gasteiger partial charge in [0.2, 0.25) is 11.8 Å². The number of rotatable bonds is 10. The SMILES string of the molecule is CC[C@@H](C)NC(=O)[C@@H](Cc1ccccc1)N(Cc1cccc(Br)c1)C(=O)CN1C(=O)c2cccc3cccc1c23. The molecule has 0 saturated heterocycles. The third kappa shape index (κ3) is 5.80. The van der Waals surface area contributed by atoms with Gasteiger partial charge in [0.15, 0.2) is 0 Å². The molecule has 0 bridgehead atoms. The highest BCUT2D eigenvalue weighted by Crippen LogP contribution is 2.37. The molecule has 0 aliphatic carbocycles. The lowest BCUT2D eigenvalue weighted by atomic mass is 10.0. The van der Waals surface area contributed by atoms with E-state index in [-0.39, 0.29) is 36.9 Å². The number of nitrogens with zero attached hydrogens (tertiary/aromatic N) is 2. The molecule has 0 radical (unpaired) electrons. The smallest absolute Gasteiger partial charge is 0.259 e. The van der Waals surface area contributed by atoms with Gasteiger partial charge in [-0.15, -0.1) is 0 Å². The summed E-state index contributed by atoms with van der Waals surface area (Å²) in [5.41, 5.74) is 3.15. The van der Waals surface area contributed by atoms with E-state index in [4.69, 9.17) is 0 Å². The van der Waals surface area contributed by atoms with Crippen LogP contribution in [-0.2, 0) is 22.6 Å². The molecule has 0 aromatic heterocycles. The third-order valence-corrected chi connectivity index (χ3v) is 7.95. The summed E-state index contributed by atoms with van der Waals surface area (Å²) in [6.07, 6.45) is 1.13. The Kier molecular flexibility index (Phi) is 8.31. The van der Waals surface area contributed by atoms with Crippen LogP contribution in [0.1, 0.15) is 41.8 Å². The van der Waals surface area contributed by atoms with Crippen molar-refractivity contribution in [2.24, 2.45) is 0 Å². The Hall–Kier alpha value is -3.97. The van der Waals surface area contributed by atoms with E-state index >= 15 is 0 Å². The molecule has 0 saturated carbocycles. The van der Waals surface area contributed by atoms with E-state index in [0.717, 1.165) is 38.5 Å². The Labute approximate surface area is 243 Å². The molecule has 0 spiro atoms. The van der Waals surface area contributed by atoms with E-state index in [0.29, 0.717) is 12.0 Å². The second-order valence-corrected chi connectivity index (χ2v) is 11.2. The predicted octanol–water partition coefficient (Wildman–Crippen LogP) is 6.12. The Morgan fingerprint density at radius 2 is 1.62 bits per heavy atom. The van der Waals surface area contributed by atoms with Gasteiger partial charge in [-0.1, -0.05) is 89.6 Å². The summed E-state index contributed by atoms with van der Waals surface area (Å²) < 4.78 is 0.887. The van der Waals surface area contributed by atoms with Crippen molar-refractivity contribution in [2.75, 3.05) is 11.4 Å². The zero-order chi connectivity index (χ0) is 28.2. The molecule has 7 heteroatoms. The van der Waals surface area contributed by atoms with Crippen LogP contribution in [-0.4, -0.2) is 41.2 Å². The van der Waals surface area contributed by atoms with Crippen molar-refractivity contribution in [3.63, 3.8) is 0 Å². The number of anilines is 1. The average Bonchev–Trinajstić information content (AvgIpc) is 3.23. The fraction of sp³-hybridized carbons (Fsp3) is 0.242. The first kappa shape index (κ1) is 27.6. The molecular formula is C33H32BrN3O3. The summed E-state index contributed by atoms with van der Waals surface area (Å²) in [4.78, 5) is 44.7. The maximum Gasteiger partial charge on any atom is 0.259 e. The largest absolute Gasteiger partial charge is 0.352 e. The van der Waals surface area contributed by atoms with Crippen LogP contribution in [0.4, 0.5) is 5.69 Å². The minimum atomic E-state index is -0.765. The molecule has 0 unspecified atom stereocenters. The highest BCUT2D eigenvalue weighted by Gasteiger charge is 2.36. The topological polar surface area (TPSA) is 69.7 Å². The molecule has 3 amide bonds. The van der Waals surface area contributed by atoms with Crippen molar-refractivity contribution >= 4 is 50.1 Å². The van der Waals surface area contributed by atoms with Crippen LogP contribution in [0.15, 0.2) is 95.5 Å². The minimum Gasteiger partial charge on any atom is -0.352 e. The maximum absolute atomic E-state index is 14.2. The Balaban J connectivity index is 1.51. The highest BCUT2D eigenvalue weighted by atomic mass is 79.9. The van der Waals surface area contributed by atoms with Crippen molar-refractivity contribution in [3.8, 4) is 0 Å². The summed E-state index contributed by atoms with van der Waals surface area (Å²) in [7, 11) is 0.